The largest absolute Gasteiger partial charge is 0.508 e. The number of hydrogen-bond donors (Lipinski definition) is 1. The molecular weight excluding hydrogens is 524 g/mol. The maximum absolute atomic E-state index is 10.5. The molecule has 1 aliphatic rings. The predicted molar refractivity (Wildman–Crippen MR) is 155 cm³/mol. The van der Waals surface area contributed by atoms with E-state index in [2.05, 4.69) is 6.07 Å². The second kappa shape index (κ2) is 12.6. The van der Waals surface area contributed by atoms with Crippen molar-refractivity contribution in [2.45, 2.75) is 25.7 Å². The highest BCUT2D eigenvalue weighted by molar-refractivity contribution is 5.56. The second-order valence-corrected chi connectivity index (χ2v) is 9.64. The first-order chi connectivity index (χ1) is 20.0. The molecule has 4 aromatic carbocycles. The van der Waals surface area contributed by atoms with Crippen molar-refractivity contribution in [1.82, 2.24) is 0 Å². The van der Waals surface area contributed by atoms with Crippen molar-refractivity contribution in [2.75, 3.05) is 35.2 Å². The number of aromatic hydroxyl groups is 1. The van der Waals surface area contributed by atoms with Gasteiger partial charge in [-0.15, -0.1) is 0 Å². The molecule has 5 rings (SSSR count). The molecule has 0 unspecified atom stereocenters. The summed E-state index contributed by atoms with van der Waals surface area (Å²) in [6, 6.07) is 20.9. The minimum Gasteiger partial charge on any atom is -0.508 e. The van der Waals surface area contributed by atoms with Crippen LogP contribution in [0.2, 0.25) is 0 Å². The summed E-state index contributed by atoms with van der Waals surface area (Å²) >= 11 is 0. The van der Waals surface area contributed by atoms with Crippen molar-refractivity contribution in [1.29, 1.82) is 0 Å². The maximum atomic E-state index is 10.5. The number of phenols is 1. The Hall–Kier alpha value is -4.72. The lowest BCUT2D eigenvalue weighted by Crippen LogP contribution is -2.00. The molecule has 0 radical (unpaired) electrons. The highest BCUT2D eigenvalue weighted by Gasteiger charge is 2.20. The van der Waals surface area contributed by atoms with Gasteiger partial charge in [0.25, 0.3) is 0 Å². The Bertz CT molecular complexity index is 1510. The fourth-order valence-electron chi connectivity index (χ4n) is 4.91. The molecule has 41 heavy (non-hydrogen) atoms. The third-order valence-electron chi connectivity index (χ3n) is 6.98. The number of ether oxygens (including phenoxy) is 7. The standard InChI is InChI=1S/C33H34O8/c1-35-26-7-5-6-21(13-26)10-11-24-17-30(29(37-3)19-28(24)36-2)41-27-14-22(12-25(34)18-27)8-9-23-15-31(38-4)33-32(16-23)39-20-40-33/h5-7,12-19,34H,8-11,20H2,1-4H3. The Morgan fingerprint density at radius 1 is 0.610 bits per heavy atom. The smallest absolute Gasteiger partial charge is 0.231 e. The van der Waals surface area contributed by atoms with Crippen LogP contribution in [-0.2, 0) is 25.7 Å². The Morgan fingerprint density at radius 2 is 1.34 bits per heavy atom. The molecule has 0 amide bonds. The van der Waals surface area contributed by atoms with E-state index in [1.165, 1.54) is 0 Å². The molecule has 1 aliphatic heterocycles. The first-order valence-corrected chi connectivity index (χ1v) is 13.3. The van der Waals surface area contributed by atoms with Crippen LogP contribution >= 0.6 is 0 Å². The predicted octanol–water partition coefficient (Wildman–Crippen LogP) is 6.52. The average Bonchev–Trinajstić information content (AvgIpc) is 3.47. The van der Waals surface area contributed by atoms with Crippen LogP contribution in [0.1, 0.15) is 22.3 Å². The summed E-state index contributed by atoms with van der Waals surface area (Å²) in [5, 5.41) is 10.5. The Kier molecular flexibility index (Phi) is 8.58. The number of hydrogen-bond acceptors (Lipinski definition) is 8. The van der Waals surface area contributed by atoms with Gasteiger partial charge in [-0.25, -0.2) is 0 Å². The van der Waals surface area contributed by atoms with Gasteiger partial charge in [-0.05, 0) is 90.4 Å². The van der Waals surface area contributed by atoms with Crippen molar-refractivity contribution in [3.8, 4) is 51.7 Å². The van der Waals surface area contributed by atoms with Gasteiger partial charge < -0.3 is 38.3 Å². The van der Waals surface area contributed by atoms with E-state index in [1.807, 2.05) is 48.5 Å². The lowest BCUT2D eigenvalue weighted by Gasteiger charge is -2.16. The monoisotopic (exact) mass is 558 g/mol. The van der Waals surface area contributed by atoms with Gasteiger partial charge in [-0.3, -0.25) is 0 Å². The van der Waals surface area contributed by atoms with Gasteiger partial charge in [-0.1, -0.05) is 12.1 Å². The molecule has 0 atom stereocenters. The van der Waals surface area contributed by atoms with E-state index in [1.54, 1.807) is 40.6 Å². The maximum Gasteiger partial charge on any atom is 0.231 e. The number of phenolic OH excluding ortho intramolecular Hbond substituents is 1. The Labute approximate surface area is 239 Å². The first-order valence-electron chi connectivity index (χ1n) is 13.3. The summed E-state index contributed by atoms with van der Waals surface area (Å²) in [6.45, 7) is 0.180. The lowest BCUT2D eigenvalue weighted by molar-refractivity contribution is 0.171. The van der Waals surface area contributed by atoms with Gasteiger partial charge >= 0.3 is 0 Å². The highest BCUT2D eigenvalue weighted by Crippen LogP contribution is 2.42. The van der Waals surface area contributed by atoms with Crippen molar-refractivity contribution >= 4 is 0 Å². The number of methoxy groups -OCH3 is 4. The summed E-state index contributed by atoms with van der Waals surface area (Å²) in [5.41, 5.74) is 4.09. The number of rotatable bonds is 12. The minimum absolute atomic E-state index is 0.117. The van der Waals surface area contributed by atoms with Crippen molar-refractivity contribution < 1.29 is 38.3 Å². The van der Waals surface area contributed by atoms with E-state index in [-0.39, 0.29) is 12.5 Å². The molecule has 0 bridgehead atoms. The Balaban J connectivity index is 1.34. The van der Waals surface area contributed by atoms with E-state index in [4.69, 9.17) is 33.2 Å². The molecule has 0 fully saturated rings. The molecule has 8 nitrogen and oxygen atoms in total. The topological polar surface area (TPSA) is 84.8 Å². The van der Waals surface area contributed by atoms with E-state index in [0.717, 1.165) is 40.8 Å². The van der Waals surface area contributed by atoms with E-state index in [0.29, 0.717) is 53.1 Å². The molecule has 0 aliphatic carbocycles. The summed E-state index contributed by atoms with van der Waals surface area (Å²) < 4.78 is 39.4. The highest BCUT2D eigenvalue weighted by atomic mass is 16.7. The van der Waals surface area contributed by atoms with E-state index in [9.17, 15) is 5.11 Å². The molecular formula is C33H34O8. The first kappa shape index (κ1) is 27.8. The molecule has 4 aromatic rings. The molecule has 0 aromatic heterocycles. The van der Waals surface area contributed by atoms with Crippen LogP contribution in [-0.4, -0.2) is 40.3 Å². The lowest BCUT2D eigenvalue weighted by atomic mass is 10.0. The van der Waals surface area contributed by atoms with Crippen LogP contribution in [0.5, 0.6) is 51.7 Å². The van der Waals surface area contributed by atoms with Crippen LogP contribution in [0.4, 0.5) is 0 Å². The SMILES string of the molecule is COc1cccc(CCc2cc(Oc3cc(O)cc(CCc4cc(OC)c5c(c4)OCO5)c3)c(OC)cc2OC)c1. The third-order valence-corrected chi connectivity index (χ3v) is 6.98. The fraction of sp³-hybridized carbons (Fsp3) is 0.273. The zero-order valence-corrected chi connectivity index (χ0v) is 23.7. The zero-order valence-electron chi connectivity index (χ0n) is 23.7. The van der Waals surface area contributed by atoms with E-state index >= 15 is 0 Å². The van der Waals surface area contributed by atoms with Crippen LogP contribution in [0.3, 0.4) is 0 Å². The van der Waals surface area contributed by atoms with Gasteiger partial charge in [-0.2, -0.15) is 0 Å². The normalized spacial score (nSPS) is 11.7. The van der Waals surface area contributed by atoms with Crippen molar-refractivity contribution in [3.05, 3.63) is 89.0 Å². The number of fused-ring (bicyclic) bond motifs is 1. The summed E-state index contributed by atoms with van der Waals surface area (Å²) in [4.78, 5) is 0. The van der Waals surface area contributed by atoms with Crippen LogP contribution in [0.25, 0.3) is 0 Å². The minimum atomic E-state index is 0.117. The number of benzene rings is 4. The van der Waals surface area contributed by atoms with Gasteiger partial charge in [0.05, 0.1) is 28.4 Å². The molecule has 214 valence electrons. The van der Waals surface area contributed by atoms with Gasteiger partial charge in [0, 0.05) is 12.1 Å². The van der Waals surface area contributed by atoms with Gasteiger partial charge in [0.2, 0.25) is 12.5 Å². The van der Waals surface area contributed by atoms with E-state index < -0.39 is 0 Å². The van der Waals surface area contributed by atoms with Crippen LogP contribution in [0, 0.1) is 0 Å². The summed E-state index contributed by atoms with van der Waals surface area (Å²) in [5.74, 6) is 5.17. The molecule has 0 spiro atoms. The van der Waals surface area contributed by atoms with Crippen LogP contribution in [0.15, 0.2) is 66.7 Å². The van der Waals surface area contributed by atoms with Crippen molar-refractivity contribution in [2.24, 2.45) is 0 Å². The molecule has 0 saturated heterocycles. The van der Waals surface area contributed by atoms with Gasteiger partial charge in [0.1, 0.15) is 23.0 Å². The molecule has 1 N–H and O–H groups in total. The number of aryl methyl sites for hydroxylation is 4. The molecule has 1 heterocycles. The van der Waals surface area contributed by atoms with Crippen LogP contribution < -0.4 is 33.2 Å². The zero-order chi connectivity index (χ0) is 28.8. The summed E-state index contributed by atoms with van der Waals surface area (Å²) in [7, 11) is 6.50. The van der Waals surface area contributed by atoms with Crippen molar-refractivity contribution in [3.63, 3.8) is 0 Å². The third kappa shape index (κ3) is 6.54. The Morgan fingerprint density at radius 3 is 2.10 bits per heavy atom. The quantitative estimate of drug-likeness (QED) is 0.210. The fourth-order valence-corrected chi connectivity index (χ4v) is 4.91. The molecule has 0 saturated carbocycles. The average molecular weight is 559 g/mol. The summed E-state index contributed by atoms with van der Waals surface area (Å²) in [6.07, 6.45) is 2.89. The molecule has 8 heteroatoms. The second-order valence-electron chi connectivity index (χ2n) is 9.64. The van der Waals surface area contributed by atoms with Gasteiger partial charge in [0.15, 0.2) is 23.0 Å².